The second-order valence-electron chi connectivity index (χ2n) is 6.31. The van der Waals surface area contributed by atoms with E-state index < -0.39 is 10.0 Å². The maximum absolute atomic E-state index is 13.0. The second kappa shape index (κ2) is 6.22. The van der Waals surface area contributed by atoms with Crippen LogP contribution >= 0.6 is 0 Å². The molecule has 0 amide bonds. The van der Waals surface area contributed by atoms with Crippen LogP contribution in [0.1, 0.15) is 36.4 Å². The molecule has 2 aromatic rings. The van der Waals surface area contributed by atoms with Crippen molar-refractivity contribution in [2.45, 2.75) is 44.7 Å². The zero-order valence-electron chi connectivity index (χ0n) is 14.6. The maximum atomic E-state index is 13.0. The monoisotopic (exact) mass is 348 g/mol. The Balaban J connectivity index is 1.97. The van der Waals surface area contributed by atoms with Gasteiger partial charge in [0.05, 0.1) is 11.4 Å². The van der Waals surface area contributed by atoms with Crippen LogP contribution in [0, 0.1) is 0 Å². The van der Waals surface area contributed by atoms with E-state index >= 15 is 0 Å². The summed E-state index contributed by atoms with van der Waals surface area (Å²) >= 11 is 0. The van der Waals surface area contributed by atoms with Gasteiger partial charge in [-0.2, -0.15) is 5.10 Å². The summed E-state index contributed by atoms with van der Waals surface area (Å²) in [5, 5.41) is 4.37. The molecule has 1 N–H and O–H groups in total. The highest BCUT2D eigenvalue weighted by molar-refractivity contribution is 7.92. The van der Waals surface area contributed by atoms with Gasteiger partial charge in [0.2, 0.25) is 0 Å². The molecule has 0 unspecified atom stereocenters. The van der Waals surface area contributed by atoms with Crippen molar-refractivity contribution in [3.05, 3.63) is 40.7 Å². The number of fused-ring (bicyclic) bond motifs is 1. The number of sulfonamides is 1. The number of anilines is 1. The lowest BCUT2D eigenvalue weighted by molar-refractivity contribution is 0.353. The third kappa shape index (κ3) is 2.93. The largest absolute Gasteiger partial charge is 0.298 e. The van der Waals surface area contributed by atoms with Crippen molar-refractivity contribution < 1.29 is 8.42 Å². The number of aryl methyl sites for hydroxylation is 2. The third-order valence-corrected chi connectivity index (χ3v) is 5.98. The van der Waals surface area contributed by atoms with E-state index in [0.717, 1.165) is 18.8 Å². The van der Waals surface area contributed by atoms with Gasteiger partial charge in [0.25, 0.3) is 10.0 Å². The Hall–Kier alpha value is -1.86. The Morgan fingerprint density at radius 3 is 2.50 bits per heavy atom. The van der Waals surface area contributed by atoms with Gasteiger partial charge in [-0.05, 0) is 43.1 Å². The Morgan fingerprint density at radius 2 is 1.83 bits per heavy atom. The number of rotatable bonds is 5. The SMILES string of the molecule is CCc1nn(C)c(CC)c1S(=O)(=O)Nc1ccc2c(c1)CN(C)C2. The Labute approximate surface area is 143 Å². The molecule has 0 saturated heterocycles. The molecule has 1 aromatic carbocycles. The fraction of sp³-hybridized carbons (Fsp3) is 0.471. The van der Waals surface area contributed by atoms with E-state index in [1.54, 1.807) is 11.7 Å². The van der Waals surface area contributed by atoms with Gasteiger partial charge < -0.3 is 0 Å². The van der Waals surface area contributed by atoms with Crippen LogP contribution in [-0.2, 0) is 43.0 Å². The van der Waals surface area contributed by atoms with Crippen LogP contribution in [0.25, 0.3) is 0 Å². The summed E-state index contributed by atoms with van der Waals surface area (Å²) in [6.45, 7) is 5.62. The summed E-state index contributed by atoms with van der Waals surface area (Å²) in [4.78, 5) is 2.53. The van der Waals surface area contributed by atoms with Gasteiger partial charge in [-0.3, -0.25) is 14.3 Å². The van der Waals surface area contributed by atoms with Gasteiger partial charge in [0.1, 0.15) is 4.90 Å². The van der Waals surface area contributed by atoms with E-state index in [4.69, 9.17) is 0 Å². The number of nitrogens with zero attached hydrogens (tertiary/aromatic N) is 3. The summed E-state index contributed by atoms with van der Waals surface area (Å²) in [5.74, 6) is 0. The molecule has 0 radical (unpaired) electrons. The molecule has 130 valence electrons. The molecule has 1 aromatic heterocycles. The van der Waals surface area contributed by atoms with Crippen molar-refractivity contribution in [2.24, 2.45) is 7.05 Å². The lowest BCUT2D eigenvalue weighted by atomic mass is 10.1. The van der Waals surface area contributed by atoms with Crippen LogP contribution in [0.4, 0.5) is 5.69 Å². The van der Waals surface area contributed by atoms with Crippen molar-refractivity contribution >= 4 is 15.7 Å². The molecule has 0 spiro atoms. The van der Waals surface area contributed by atoms with E-state index in [-0.39, 0.29) is 0 Å². The van der Waals surface area contributed by atoms with Crippen molar-refractivity contribution in [1.29, 1.82) is 0 Å². The zero-order valence-corrected chi connectivity index (χ0v) is 15.4. The molecule has 0 bridgehead atoms. The molecule has 7 heteroatoms. The molecular weight excluding hydrogens is 324 g/mol. The van der Waals surface area contributed by atoms with E-state index in [9.17, 15) is 8.42 Å². The molecule has 24 heavy (non-hydrogen) atoms. The number of hydrogen-bond acceptors (Lipinski definition) is 4. The lowest BCUT2D eigenvalue weighted by Gasteiger charge is -2.11. The smallest absolute Gasteiger partial charge is 0.265 e. The standard InChI is InChI=1S/C17H24N4O2S/c1-5-15-17(16(6-2)21(4)18-15)24(22,23)19-14-8-7-12-10-20(3)11-13(12)9-14/h7-9,19H,5-6,10-11H2,1-4H3. The number of benzene rings is 1. The third-order valence-electron chi connectivity index (χ3n) is 4.46. The predicted molar refractivity (Wildman–Crippen MR) is 94.4 cm³/mol. The van der Waals surface area contributed by atoms with Gasteiger partial charge >= 0.3 is 0 Å². The first kappa shape index (κ1) is 17.0. The van der Waals surface area contributed by atoms with Crippen LogP contribution in [0.2, 0.25) is 0 Å². The topological polar surface area (TPSA) is 67.2 Å². The van der Waals surface area contributed by atoms with Gasteiger partial charge in [-0.15, -0.1) is 0 Å². The Morgan fingerprint density at radius 1 is 1.12 bits per heavy atom. The van der Waals surface area contributed by atoms with Crippen molar-refractivity contribution in [3.8, 4) is 0 Å². The normalized spacial score (nSPS) is 14.8. The summed E-state index contributed by atoms with van der Waals surface area (Å²) in [6, 6.07) is 5.77. The fourth-order valence-electron chi connectivity index (χ4n) is 3.37. The van der Waals surface area contributed by atoms with Crippen LogP contribution in [0.5, 0.6) is 0 Å². The first-order valence-electron chi connectivity index (χ1n) is 8.23. The maximum Gasteiger partial charge on any atom is 0.265 e. The van der Waals surface area contributed by atoms with Crippen LogP contribution < -0.4 is 4.72 Å². The fourth-order valence-corrected chi connectivity index (χ4v) is 4.99. The highest BCUT2D eigenvalue weighted by atomic mass is 32.2. The minimum atomic E-state index is -3.66. The van der Waals surface area contributed by atoms with Gasteiger partial charge in [-0.25, -0.2) is 8.42 Å². The Kier molecular flexibility index (Phi) is 4.40. The number of aromatic nitrogens is 2. The molecule has 0 atom stereocenters. The number of hydrogen-bond donors (Lipinski definition) is 1. The van der Waals surface area contributed by atoms with Crippen LogP contribution in [0.15, 0.2) is 23.1 Å². The van der Waals surface area contributed by atoms with E-state index in [1.165, 1.54) is 11.1 Å². The molecule has 0 fully saturated rings. The van der Waals surface area contributed by atoms with E-state index in [1.807, 2.05) is 32.0 Å². The quantitative estimate of drug-likeness (QED) is 0.900. The predicted octanol–water partition coefficient (Wildman–Crippen LogP) is 2.29. The Bertz CT molecular complexity index is 871. The van der Waals surface area contributed by atoms with Crippen LogP contribution in [-0.4, -0.2) is 30.1 Å². The summed E-state index contributed by atoms with van der Waals surface area (Å²) < 4.78 is 30.3. The molecule has 1 aliphatic heterocycles. The number of nitrogens with one attached hydrogen (secondary N) is 1. The minimum absolute atomic E-state index is 0.326. The molecule has 0 saturated carbocycles. The molecule has 1 aliphatic rings. The molecule has 0 aliphatic carbocycles. The first-order chi connectivity index (χ1) is 11.4. The highest BCUT2D eigenvalue weighted by Gasteiger charge is 2.27. The van der Waals surface area contributed by atoms with Crippen molar-refractivity contribution in [3.63, 3.8) is 0 Å². The first-order valence-corrected chi connectivity index (χ1v) is 9.72. The van der Waals surface area contributed by atoms with E-state index in [2.05, 4.69) is 21.8 Å². The molecule has 2 heterocycles. The lowest BCUT2D eigenvalue weighted by Crippen LogP contribution is -2.16. The second-order valence-corrected chi connectivity index (χ2v) is 7.93. The van der Waals surface area contributed by atoms with E-state index in [0.29, 0.717) is 29.1 Å². The summed E-state index contributed by atoms with van der Waals surface area (Å²) in [7, 11) is 0.194. The highest BCUT2D eigenvalue weighted by Crippen LogP contribution is 2.28. The van der Waals surface area contributed by atoms with Crippen LogP contribution in [0.3, 0.4) is 0 Å². The average Bonchev–Trinajstić information content (AvgIpc) is 3.05. The van der Waals surface area contributed by atoms with Gasteiger partial charge in [-0.1, -0.05) is 19.9 Å². The van der Waals surface area contributed by atoms with Gasteiger partial charge in [0, 0.05) is 25.8 Å². The van der Waals surface area contributed by atoms with Crippen molar-refractivity contribution in [1.82, 2.24) is 14.7 Å². The summed E-state index contributed by atoms with van der Waals surface area (Å²) in [6.07, 6.45) is 1.20. The minimum Gasteiger partial charge on any atom is -0.298 e. The molecule has 6 nitrogen and oxygen atoms in total. The van der Waals surface area contributed by atoms with Gasteiger partial charge in [0.15, 0.2) is 0 Å². The average molecular weight is 348 g/mol. The molecular formula is C17H24N4O2S. The summed E-state index contributed by atoms with van der Waals surface area (Å²) in [5.41, 5.74) is 4.39. The molecule has 3 rings (SSSR count). The van der Waals surface area contributed by atoms with Crippen molar-refractivity contribution in [2.75, 3.05) is 11.8 Å². The zero-order chi connectivity index (χ0) is 17.5.